The fourth-order valence-electron chi connectivity index (χ4n) is 4.63. The molecule has 3 heterocycles. The van der Waals surface area contributed by atoms with Crippen molar-refractivity contribution in [2.75, 3.05) is 19.6 Å². The summed E-state index contributed by atoms with van der Waals surface area (Å²) in [5, 5.41) is 3.77. The molecule has 0 aliphatic carbocycles. The van der Waals surface area contributed by atoms with Crippen LogP contribution in [0.3, 0.4) is 0 Å². The minimum absolute atomic E-state index is 0.873. The largest absolute Gasteiger partial charge is 0.311 e. The summed E-state index contributed by atoms with van der Waals surface area (Å²) in [7, 11) is 0. The minimum Gasteiger partial charge on any atom is -0.311 e. The predicted octanol–water partition coefficient (Wildman–Crippen LogP) is 3.42. The van der Waals surface area contributed by atoms with Crippen LogP contribution < -0.4 is 5.32 Å². The summed E-state index contributed by atoms with van der Waals surface area (Å²) in [4.78, 5) is 2.76. The zero-order valence-corrected chi connectivity index (χ0v) is 12.7. The van der Waals surface area contributed by atoms with Gasteiger partial charge in [0, 0.05) is 12.1 Å². The van der Waals surface area contributed by atoms with Gasteiger partial charge in [0.25, 0.3) is 0 Å². The van der Waals surface area contributed by atoms with E-state index in [4.69, 9.17) is 0 Å². The topological polar surface area (TPSA) is 15.3 Å². The van der Waals surface area contributed by atoms with Crippen LogP contribution in [-0.2, 0) is 0 Å². The van der Waals surface area contributed by atoms with Gasteiger partial charge in [-0.3, -0.25) is 0 Å². The Bertz CT molecular complexity index is 266. The fourth-order valence-corrected chi connectivity index (χ4v) is 4.63. The van der Waals surface area contributed by atoms with Gasteiger partial charge in [0.05, 0.1) is 0 Å². The van der Waals surface area contributed by atoms with Gasteiger partial charge >= 0.3 is 0 Å². The molecule has 2 nitrogen and oxygen atoms in total. The van der Waals surface area contributed by atoms with E-state index in [0.29, 0.717) is 0 Å². The van der Waals surface area contributed by atoms with Gasteiger partial charge in [-0.2, -0.15) is 0 Å². The van der Waals surface area contributed by atoms with Crippen molar-refractivity contribution in [2.24, 2.45) is 11.8 Å². The van der Waals surface area contributed by atoms with Gasteiger partial charge in [0.15, 0.2) is 0 Å². The van der Waals surface area contributed by atoms with Crippen LogP contribution in [0, 0.1) is 11.8 Å². The summed E-state index contributed by atoms with van der Waals surface area (Å²) in [5.74, 6) is 2.03. The Balaban J connectivity index is 1.40. The second-order valence-corrected chi connectivity index (χ2v) is 7.31. The summed E-state index contributed by atoms with van der Waals surface area (Å²) in [6, 6.07) is 1.75. The average molecular weight is 264 g/mol. The summed E-state index contributed by atoms with van der Waals surface area (Å²) >= 11 is 0. The molecule has 19 heavy (non-hydrogen) atoms. The number of fused-ring (bicyclic) bond motifs is 2. The minimum atomic E-state index is 0.873. The number of hydrogen-bond acceptors (Lipinski definition) is 2. The first kappa shape index (κ1) is 13.9. The summed E-state index contributed by atoms with van der Waals surface area (Å²) in [6.45, 7) is 6.48. The molecule has 3 rings (SSSR count). The molecule has 0 aromatic rings. The monoisotopic (exact) mass is 264 g/mol. The Labute approximate surface area is 119 Å². The molecule has 0 spiro atoms. The quantitative estimate of drug-likeness (QED) is 0.837. The summed E-state index contributed by atoms with van der Waals surface area (Å²) < 4.78 is 0. The number of piperidine rings is 1. The van der Waals surface area contributed by atoms with Gasteiger partial charge in [0.2, 0.25) is 0 Å². The van der Waals surface area contributed by atoms with E-state index in [2.05, 4.69) is 17.1 Å². The lowest BCUT2D eigenvalue weighted by molar-refractivity contribution is 0.221. The molecular weight excluding hydrogens is 232 g/mol. The highest BCUT2D eigenvalue weighted by atomic mass is 15.1. The van der Waals surface area contributed by atoms with Crippen LogP contribution in [0.15, 0.2) is 0 Å². The SMILES string of the molecule is CCC1CCCN(CCC2CC3CCC(C2)N3)CC1. The molecule has 1 N–H and O–H groups in total. The van der Waals surface area contributed by atoms with Crippen LogP contribution in [0.25, 0.3) is 0 Å². The van der Waals surface area contributed by atoms with Crippen molar-refractivity contribution in [1.29, 1.82) is 0 Å². The molecule has 3 atom stereocenters. The number of nitrogens with one attached hydrogen (secondary N) is 1. The number of rotatable bonds is 4. The third-order valence-electron chi connectivity index (χ3n) is 5.94. The van der Waals surface area contributed by atoms with Gasteiger partial charge in [-0.15, -0.1) is 0 Å². The van der Waals surface area contributed by atoms with E-state index in [1.807, 2.05) is 0 Å². The first-order chi connectivity index (χ1) is 9.33. The van der Waals surface area contributed by atoms with Crippen molar-refractivity contribution in [2.45, 2.75) is 76.8 Å². The molecule has 0 aromatic carbocycles. The molecule has 0 aromatic heterocycles. The van der Waals surface area contributed by atoms with Crippen LogP contribution in [-0.4, -0.2) is 36.6 Å². The molecule has 3 aliphatic rings. The van der Waals surface area contributed by atoms with E-state index in [-0.39, 0.29) is 0 Å². The Kier molecular flexibility index (Phi) is 4.81. The maximum atomic E-state index is 3.77. The van der Waals surface area contributed by atoms with Crippen LogP contribution >= 0.6 is 0 Å². The van der Waals surface area contributed by atoms with Crippen LogP contribution in [0.2, 0.25) is 0 Å². The Hall–Kier alpha value is -0.0800. The highest BCUT2D eigenvalue weighted by molar-refractivity contribution is 4.92. The maximum Gasteiger partial charge on any atom is 0.00728 e. The zero-order valence-electron chi connectivity index (χ0n) is 12.7. The highest BCUT2D eigenvalue weighted by Gasteiger charge is 2.33. The molecule has 0 saturated carbocycles. The maximum absolute atomic E-state index is 3.77. The van der Waals surface area contributed by atoms with Crippen molar-refractivity contribution >= 4 is 0 Å². The van der Waals surface area contributed by atoms with Crippen LogP contribution in [0.1, 0.15) is 64.7 Å². The molecule has 3 fully saturated rings. The van der Waals surface area contributed by atoms with E-state index in [1.54, 1.807) is 0 Å². The first-order valence-electron chi connectivity index (χ1n) is 8.82. The van der Waals surface area contributed by atoms with E-state index < -0.39 is 0 Å². The molecule has 0 amide bonds. The molecule has 2 heteroatoms. The van der Waals surface area contributed by atoms with Crippen LogP contribution in [0.4, 0.5) is 0 Å². The molecule has 110 valence electrons. The van der Waals surface area contributed by atoms with Crippen molar-refractivity contribution in [1.82, 2.24) is 10.2 Å². The number of hydrogen-bond donors (Lipinski definition) is 1. The Morgan fingerprint density at radius 3 is 2.47 bits per heavy atom. The first-order valence-corrected chi connectivity index (χ1v) is 8.82. The summed E-state index contributed by atoms with van der Waals surface area (Å²) in [5.41, 5.74) is 0. The molecule has 3 unspecified atom stereocenters. The fraction of sp³-hybridized carbons (Fsp3) is 1.00. The second-order valence-electron chi connectivity index (χ2n) is 7.31. The highest BCUT2D eigenvalue weighted by Crippen LogP contribution is 2.33. The van der Waals surface area contributed by atoms with E-state index in [9.17, 15) is 0 Å². The van der Waals surface area contributed by atoms with Gasteiger partial charge in [-0.05, 0) is 82.8 Å². The lowest BCUT2D eigenvalue weighted by atomic mass is 9.89. The third-order valence-corrected chi connectivity index (χ3v) is 5.94. The molecule has 3 saturated heterocycles. The Morgan fingerprint density at radius 1 is 0.947 bits per heavy atom. The van der Waals surface area contributed by atoms with Gasteiger partial charge in [-0.1, -0.05) is 13.3 Å². The summed E-state index contributed by atoms with van der Waals surface area (Å²) in [6.07, 6.45) is 13.0. The lowest BCUT2D eigenvalue weighted by Gasteiger charge is -2.31. The smallest absolute Gasteiger partial charge is 0.00728 e. The van der Waals surface area contributed by atoms with E-state index >= 15 is 0 Å². The zero-order chi connectivity index (χ0) is 13.1. The number of nitrogens with zero attached hydrogens (tertiary/aromatic N) is 1. The standard InChI is InChI=1S/C17H32N2/c1-2-14-4-3-9-19(10-7-14)11-8-15-12-16-5-6-17(13-15)18-16/h14-18H,2-13H2,1H3. The third kappa shape index (κ3) is 3.72. The molecule has 3 aliphatic heterocycles. The lowest BCUT2D eigenvalue weighted by Crippen LogP contribution is -2.39. The second kappa shape index (κ2) is 6.58. The van der Waals surface area contributed by atoms with Crippen molar-refractivity contribution in [3.05, 3.63) is 0 Å². The van der Waals surface area contributed by atoms with Gasteiger partial charge in [0.1, 0.15) is 0 Å². The normalized spacial score (nSPS) is 40.3. The van der Waals surface area contributed by atoms with Crippen LogP contribution in [0.5, 0.6) is 0 Å². The molecular formula is C17H32N2. The number of likely N-dealkylation sites (tertiary alicyclic amines) is 1. The predicted molar refractivity (Wildman–Crippen MR) is 81.4 cm³/mol. The molecule has 2 bridgehead atoms. The van der Waals surface area contributed by atoms with Gasteiger partial charge in [-0.25, -0.2) is 0 Å². The average Bonchev–Trinajstić information content (AvgIpc) is 2.66. The van der Waals surface area contributed by atoms with E-state index in [0.717, 1.165) is 23.9 Å². The molecule has 0 radical (unpaired) electrons. The van der Waals surface area contributed by atoms with Gasteiger partial charge < -0.3 is 10.2 Å². The van der Waals surface area contributed by atoms with Crippen molar-refractivity contribution < 1.29 is 0 Å². The van der Waals surface area contributed by atoms with E-state index in [1.165, 1.54) is 77.4 Å². The van der Waals surface area contributed by atoms with Crippen molar-refractivity contribution in [3.63, 3.8) is 0 Å². The van der Waals surface area contributed by atoms with Crippen molar-refractivity contribution in [3.8, 4) is 0 Å². The Morgan fingerprint density at radius 2 is 1.74 bits per heavy atom.